The van der Waals surface area contributed by atoms with Gasteiger partial charge < -0.3 is 15.6 Å². The van der Waals surface area contributed by atoms with Gasteiger partial charge in [0.15, 0.2) is 0 Å². The van der Waals surface area contributed by atoms with Gasteiger partial charge in [0.25, 0.3) is 0 Å². The molecule has 0 spiro atoms. The molecule has 0 unspecified atom stereocenters. The lowest BCUT2D eigenvalue weighted by Crippen LogP contribution is -2.17. The van der Waals surface area contributed by atoms with Crippen LogP contribution in [0.4, 0.5) is 4.39 Å². The van der Waals surface area contributed by atoms with Crippen molar-refractivity contribution in [3.05, 3.63) is 28.0 Å². The van der Waals surface area contributed by atoms with Gasteiger partial charge in [-0.2, -0.15) is 0 Å². The van der Waals surface area contributed by atoms with Crippen LogP contribution in [0.3, 0.4) is 0 Å². The Bertz CT molecular complexity index is 411. The van der Waals surface area contributed by atoms with Crippen LogP contribution >= 0.6 is 15.9 Å². The van der Waals surface area contributed by atoms with Crippen LogP contribution < -0.4 is 5.73 Å². The maximum atomic E-state index is 13.4. The molecular weight excluding hydrogens is 281 g/mol. The van der Waals surface area contributed by atoms with Gasteiger partial charge in [-0.05, 0) is 28.1 Å². The second-order valence-electron chi connectivity index (χ2n) is 3.18. The minimum absolute atomic E-state index is 0.0974. The number of halogens is 2. The Morgan fingerprint density at radius 2 is 2.31 bits per heavy atom. The topological polar surface area (TPSA) is 72.5 Å². The zero-order chi connectivity index (χ0) is 12.3. The van der Waals surface area contributed by atoms with Gasteiger partial charge in [-0.1, -0.05) is 0 Å². The summed E-state index contributed by atoms with van der Waals surface area (Å²) in [4.78, 5) is 11.0. The highest BCUT2D eigenvalue weighted by Crippen LogP contribution is 2.34. The highest BCUT2D eigenvalue weighted by molar-refractivity contribution is 9.10. The molecule has 0 amide bonds. The van der Waals surface area contributed by atoms with Crippen LogP contribution in [-0.2, 0) is 9.53 Å². The smallest absolute Gasteiger partial charge is 0.307 e. The van der Waals surface area contributed by atoms with Crippen LogP contribution in [0.1, 0.15) is 18.0 Å². The number of esters is 1. The number of phenols is 1. The van der Waals surface area contributed by atoms with Gasteiger partial charge in [0.1, 0.15) is 11.6 Å². The van der Waals surface area contributed by atoms with Gasteiger partial charge >= 0.3 is 5.97 Å². The van der Waals surface area contributed by atoms with Gasteiger partial charge in [0, 0.05) is 11.6 Å². The van der Waals surface area contributed by atoms with Crippen molar-refractivity contribution in [2.45, 2.75) is 12.5 Å². The predicted molar refractivity (Wildman–Crippen MR) is 59.3 cm³/mol. The summed E-state index contributed by atoms with van der Waals surface area (Å²) in [7, 11) is 1.21. The summed E-state index contributed by atoms with van der Waals surface area (Å²) >= 11 is 3.04. The summed E-state index contributed by atoms with van der Waals surface area (Å²) < 4.78 is 18.2. The van der Waals surface area contributed by atoms with E-state index in [0.29, 0.717) is 4.47 Å². The third kappa shape index (κ3) is 2.70. The van der Waals surface area contributed by atoms with Crippen molar-refractivity contribution in [3.63, 3.8) is 0 Å². The van der Waals surface area contributed by atoms with E-state index in [4.69, 9.17) is 5.73 Å². The highest BCUT2D eigenvalue weighted by Gasteiger charge is 2.21. The van der Waals surface area contributed by atoms with Crippen molar-refractivity contribution in [2.24, 2.45) is 5.73 Å². The summed E-state index contributed by atoms with van der Waals surface area (Å²) in [6.45, 7) is 0. The number of nitrogens with two attached hydrogens (primary N) is 1. The molecule has 6 heteroatoms. The lowest BCUT2D eigenvalue weighted by molar-refractivity contribution is -0.141. The second kappa shape index (κ2) is 5.27. The van der Waals surface area contributed by atoms with Gasteiger partial charge in [0.05, 0.1) is 18.0 Å². The second-order valence-corrected chi connectivity index (χ2v) is 4.03. The first-order chi connectivity index (χ1) is 7.47. The standard InChI is InChI=1S/C10H11BrFNO3/c1-16-8(14)4-7(13)9-6(12)3-2-5(11)10(9)15/h2-3,7,15H,4,13H2,1H3/t7-/m1/s1. The van der Waals surface area contributed by atoms with Crippen LogP contribution in [0.15, 0.2) is 16.6 Å². The van der Waals surface area contributed by atoms with Crippen LogP contribution in [-0.4, -0.2) is 18.2 Å². The van der Waals surface area contributed by atoms with Crippen molar-refractivity contribution < 1.29 is 19.0 Å². The fraction of sp³-hybridized carbons (Fsp3) is 0.300. The fourth-order valence-corrected chi connectivity index (χ4v) is 1.62. The maximum absolute atomic E-state index is 13.4. The van der Waals surface area contributed by atoms with E-state index in [1.165, 1.54) is 13.2 Å². The Hall–Kier alpha value is -1.14. The Morgan fingerprint density at radius 3 is 2.88 bits per heavy atom. The monoisotopic (exact) mass is 291 g/mol. The number of ether oxygens (including phenoxy) is 1. The van der Waals surface area contributed by atoms with E-state index in [1.54, 1.807) is 0 Å². The number of hydrogen-bond donors (Lipinski definition) is 2. The Balaban J connectivity index is 3.03. The highest BCUT2D eigenvalue weighted by atomic mass is 79.9. The molecule has 3 N–H and O–H groups in total. The normalized spacial score (nSPS) is 12.2. The van der Waals surface area contributed by atoms with Crippen molar-refractivity contribution in [1.82, 2.24) is 0 Å². The molecule has 1 atom stereocenters. The molecule has 0 aliphatic rings. The molecule has 0 fully saturated rings. The van der Waals surface area contributed by atoms with E-state index in [9.17, 15) is 14.3 Å². The predicted octanol–water partition coefficient (Wildman–Crippen LogP) is 1.86. The number of carbonyl (C=O) groups is 1. The van der Waals surface area contributed by atoms with Crippen LogP contribution in [0.2, 0.25) is 0 Å². The zero-order valence-electron chi connectivity index (χ0n) is 8.54. The van der Waals surface area contributed by atoms with E-state index >= 15 is 0 Å². The van der Waals surface area contributed by atoms with E-state index in [-0.39, 0.29) is 17.7 Å². The molecule has 16 heavy (non-hydrogen) atoms. The third-order valence-electron chi connectivity index (χ3n) is 2.10. The quantitative estimate of drug-likeness (QED) is 0.834. The van der Waals surface area contributed by atoms with Crippen LogP contribution in [0, 0.1) is 5.82 Å². The summed E-state index contributed by atoms with van der Waals surface area (Å²) in [5.74, 6) is -1.51. The molecule has 0 aromatic heterocycles. The summed E-state index contributed by atoms with van der Waals surface area (Å²) in [5.41, 5.74) is 5.52. The molecule has 0 heterocycles. The van der Waals surface area contributed by atoms with E-state index in [0.717, 1.165) is 6.07 Å². The molecular formula is C10H11BrFNO3. The molecule has 1 aromatic rings. The van der Waals surface area contributed by atoms with Crippen molar-refractivity contribution in [3.8, 4) is 5.75 Å². The molecule has 0 bridgehead atoms. The number of methoxy groups -OCH3 is 1. The number of aromatic hydroxyl groups is 1. The van der Waals surface area contributed by atoms with E-state index in [2.05, 4.69) is 20.7 Å². The molecule has 4 nitrogen and oxygen atoms in total. The molecule has 1 rings (SSSR count). The number of rotatable bonds is 3. The minimum atomic E-state index is -0.940. The lowest BCUT2D eigenvalue weighted by atomic mass is 10.0. The minimum Gasteiger partial charge on any atom is -0.506 e. The van der Waals surface area contributed by atoms with Gasteiger partial charge in [0.2, 0.25) is 0 Å². The van der Waals surface area contributed by atoms with Gasteiger partial charge in [-0.25, -0.2) is 4.39 Å². The molecule has 0 saturated heterocycles. The number of carbonyl (C=O) groups excluding carboxylic acids is 1. The summed E-state index contributed by atoms with van der Waals surface area (Å²) in [6, 6.07) is 1.58. The van der Waals surface area contributed by atoms with Crippen LogP contribution in [0.5, 0.6) is 5.75 Å². The maximum Gasteiger partial charge on any atom is 0.307 e. The van der Waals surface area contributed by atoms with Crippen molar-refractivity contribution >= 4 is 21.9 Å². The first kappa shape index (κ1) is 12.9. The average Bonchev–Trinajstić information content (AvgIpc) is 2.24. The van der Waals surface area contributed by atoms with Gasteiger partial charge in [-0.15, -0.1) is 0 Å². The molecule has 0 aliphatic heterocycles. The Kier molecular flexibility index (Phi) is 4.26. The average molecular weight is 292 g/mol. The molecule has 88 valence electrons. The Labute approximate surface area is 100 Å². The number of benzene rings is 1. The number of phenolic OH excluding ortho intramolecular Hbond substituents is 1. The van der Waals surface area contributed by atoms with E-state index < -0.39 is 17.8 Å². The Morgan fingerprint density at radius 1 is 1.69 bits per heavy atom. The van der Waals surface area contributed by atoms with Crippen LogP contribution in [0.25, 0.3) is 0 Å². The van der Waals surface area contributed by atoms with Crippen molar-refractivity contribution in [2.75, 3.05) is 7.11 Å². The van der Waals surface area contributed by atoms with Crippen molar-refractivity contribution in [1.29, 1.82) is 0 Å². The SMILES string of the molecule is COC(=O)C[C@@H](N)c1c(F)ccc(Br)c1O. The molecule has 0 saturated carbocycles. The molecule has 1 aromatic carbocycles. The molecule has 0 radical (unpaired) electrons. The lowest BCUT2D eigenvalue weighted by Gasteiger charge is -2.14. The number of hydrogen-bond acceptors (Lipinski definition) is 4. The first-order valence-corrected chi connectivity index (χ1v) is 5.26. The summed E-state index contributed by atoms with van der Waals surface area (Å²) in [5, 5.41) is 9.62. The molecule has 0 aliphatic carbocycles. The van der Waals surface area contributed by atoms with E-state index in [1.807, 2.05) is 0 Å². The van der Waals surface area contributed by atoms with Gasteiger partial charge in [-0.3, -0.25) is 4.79 Å². The summed E-state index contributed by atoms with van der Waals surface area (Å²) in [6.07, 6.45) is -0.197. The third-order valence-corrected chi connectivity index (χ3v) is 2.74. The fourth-order valence-electron chi connectivity index (χ4n) is 1.27. The first-order valence-electron chi connectivity index (χ1n) is 4.46. The zero-order valence-corrected chi connectivity index (χ0v) is 10.1. The largest absolute Gasteiger partial charge is 0.506 e.